The van der Waals surface area contributed by atoms with Crippen LogP contribution in [0.2, 0.25) is 0 Å². The maximum atomic E-state index is 12.9. The largest absolute Gasteiger partial charge is 0.409 e. The van der Waals surface area contributed by atoms with Crippen molar-refractivity contribution in [3.05, 3.63) is 0 Å². The third kappa shape index (κ3) is 2.75. The zero-order chi connectivity index (χ0) is 14.6. The van der Waals surface area contributed by atoms with Crippen molar-refractivity contribution in [2.24, 2.45) is 22.2 Å². The Balaban J connectivity index is 2.11. The van der Waals surface area contributed by atoms with Gasteiger partial charge in [0.15, 0.2) is 5.84 Å². The Morgan fingerprint density at radius 1 is 1.25 bits per heavy atom. The molecule has 1 saturated carbocycles. The molecule has 1 aliphatic carbocycles. The Bertz CT molecular complexity index is 370. The van der Waals surface area contributed by atoms with Gasteiger partial charge in [0.25, 0.3) is 0 Å². The van der Waals surface area contributed by atoms with Crippen LogP contribution in [0.3, 0.4) is 0 Å². The van der Waals surface area contributed by atoms with Crippen LogP contribution in [0.5, 0.6) is 0 Å². The normalized spacial score (nSPS) is 24.6. The summed E-state index contributed by atoms with van der Waals surface area (Å²) in [5, 5.41) is 21.3. The fraction of sp³-hybridized carbons (Fsp3) is 0.857. The van der Waals surface area contributed by atoms with E-state index < -0.39 is 5.41 Å². The second-order valence-corrected chi connectivity index (χ2v) is 6.05. The third-order valence-corrected chi connectivity index (χ3v) is 4.87. The number of aliphatic hydroxyl groups is 1. The van der Waals surface area contributed by atoms with Crippen molar-refractivity contribution in [1.29, 1.82) is 0 Å². The molecule has 1 heterocycles. The monoisotopic (exact) mass is 283 g/mol. The van der Waals surface area contributed by atoms with E-state index in [1.807, 2.05) is 4.90 Å². The molecule has 6 heteroatoms. The number of amides is 1. The number of likely N-dealkylation sites (tertiary alicyclic amines) is 1. The van der Waals surface area contributed by atoms with Crippen LogP contribution in [0.25, 0.3) is 0 Å². The highest BCUT2D eigenvalue weighted by Crippen LogP contribution is 2.39. The van der Waals surface area contributed by atoms with Gasteiger partial charge in [0.2, 0.25) is 5.91 Å². The Labute approximate surface area is 119 Å². The SMILES string of the molecule is NC(=NO)C1(C(=O)N2CCC(CO)CC2)CCCCC1. The summed E-state index contributed by atoms with van der Waals surface area (Å²) in [6, 6.07) is 0. The molecule has 20 heavy (non-hydrogen) atoms. The molecule has 0 aromatic heterocycles. The van der Waals surface area contributed by atoms with E-state index in [0.29, 0.717) is 31.8 Å². The van der Waals surface area contributed by atoms with Crippen molar-refractivity contribution in [1.82, 2.24) is 4.90 Å². The van der Waals surface area contributed by atoms with Gasteiger partial charge in [0.1, 0.15) is 5.41 Å². The van der Waals surface area contributed by atoms with Crippen LogP contribution in [-0.2, 0) is 4.79 Å². The number of carbonyl (C=O) groups excluding carboxylic acids is 1. The predicted octanol–water partition coefficient (Wildman–Crippen LogP) is 0.914. The summed E-state index contributed by atoms with van der Waals surface area (Å²) < 4.78 is 0. The van der Waals surface area contributed by atoms with Crippen molar-refractivity contribution >= 4 is 11.7 Å². The molecule has 6 nitrogen and oxygen atoms in total. The highest BCUT2D eigenvalue weighted by atomic mass is 16.4. The Morgan fingerprint density at radius 2 is 1.85 bits per heavy atom. The van der Waals surface area contributed by atoms with Gasteiger partial charge in [-0.05, 0) is 31.6 Å². The van der Waals surface area contributed by atoms with E-state index in [1.54, 1.807) is 0 Å². The van der Waals surface area contributed by atoms with Gasteiger partial charge in [0.05, 0.1) is 0 Å². The minimum atomic E-state index is -0.806. The number of amidine groups is 1. The number of hydrogen-bond acceptors (Lipinski definition) is 4. The first-order valence-corrected chi connectivity index (χ1v) is 7.52. The number of hydrogen-bond donors (Lipinski definition) is 3. The summed E-state index contributed by atoms with van der Waals surface area (Å²) in [6.07, 6.45) is 5.97. The molecule has 0 atom stereocenters. The number of oxime groups is 1. The summed E-state index contributed by atoms with van der Waals surface area (Å²) >= 11 is 0. The van der Waals surface area contributed by atoms with Gasteiger partial charge in [0, 0.05) is 19.7 Å². The van der Waals surface area contributed by atoms with Crippen molar-refractivity contribution in [2.45, 2.75) is 44.9 Å². The maximum Gasteiger partial charge on any atom is 0.236 e. The van der Waals surface area contributed by atoms with E-state index in [9.17, 15) is 4.79 Å². The van der Waals surface area contributed by atoms with Crippen molar-refractivity contribution in [3.8, 4) is 0 Å². The molecule has 0 radical (unpaired) electrons. The minimum Gasteiger partial charge on any atom is -0.409 e. The van der Waals surface area contributed by atoms with E-state index in [0.717, 1.165) is 32.1 Å². The molecule has 1 aliphatic heterocycles. The summed E-state index contributed by atoms with van der Waals surface area (Å²) in [5.74, 6) is 0.362. The first-order chi connectivity index (χ1) is 9.64. The number of rotatable bonds is 3. The zero-order valence-electron chi connectivity index (χ0n) is 11.9. The molecule has 0 aromatic carbocycles. The van der Waals surface area contributed by atoms with E-state index >= 15 is 0 Å². The van der Waals surface area contributed by atoms with E-state index in [1.165, 1.54) is 0 Å². The van der Waals surface area contributed by atoms with Crippen LogP contribution in [0, 0.1) is 11.3 Å². The Hall–Kier alpha value is -1.30. The second-order valence-electron chi connectivity index (χ2n) is 6.05. The molecule has 0 aromatic rings. The Kier molecular flexibility index (Phi) is 4.86. The Morgan fingerprint density at radius 3 is 2.35 bits per heavy atom. The molecule has 4 N–H and O–H groups in total. The molecule has 0 unspecified atom stereocenters. The van der Waals surface area contributed by atoms with Crippen LogP contribution in [0.4, 0.5) is 0 Å². The van der Waals surface area contributed by atoms with Crippen LogP contribution >= 0.6 is 0 Å². The smallest absolute Gasteiger partial charge is 0.236 e. The number of carbonyl (C=O) groups is 1. The fourth-order valence-corrected chi connectivity index (χ4v) is 3.45. The molecule has 2 aliphatic rings. The van der Waals surface area contributed by atoms with E-state index in [4.69, 9.17) is 16.0 Å². The standard InChI is InChI=1S/C14H25N3O3/c15-12(16-20)14(6-2-1-3-7-14)13(19)17-8-4-11(10-18)5-9-17/h11,18,20H,1-10H2,(H2,15,16). The lowest BCUT2D eigenvalue weighted by atomic mass is 9.71. The zero-order valence-corrected chi connectivity index (χ0v) is 11.9. The lowest BCUT2D eigenvalue weighted by molar-refractivity contribution is -0.141. The molecule has 0 spiro atoms. The van der Waals surface area contributed by atoms with Crippen molar-refractivity contribution in [2.75, 3.05) is 19.7 Å². The quantitative estimate of drug-likeness (QED) is 0.310. The molecular formula is C14H25N3O3. The molecule has 1 saturated heterocycles. The summed E-state index contributed by atoms with van der Waals surface area (Å²) in [4.78, 5) is 14.7. The number of piperidine rings is 1. The summed E-state index contributed by atoms with van der Waals surface area (Å²) in [6.45, 7) is 1.50. The lowest BCUT2D eigenvalue weighted by Gasteiger charge is -2.41. The van der Waals surface area contributed by atoms with Gasteiger partial charge >= 0.3 is 0 Å². The van der Waals surface area contributed by atoms with Gasteiger partial charge in [-0.15, -0.1) is 0 Å². The average molecular weight is 283 g/mol. The van der Waals surface area contributed by atoms with Crippen molar-refractivity contribution in [3.63, 3.8) is 0 Å². The molecule has 1 amide bonds. The number of nitrogens with zero attached hydrogens (tertiary/aromatic N) is 2. The van der Waals surface area contributed by atoms with Gasteiger partial charge < -0.3 is 20.9 Å². The predicted molar refractivity (Wildman–Crippen MR) is 75.3 cm³/mol. The molecular weight excluding hydrogens is 258 g/mol. The highest BCUT2D eigenvalue weighted by molar-refractivity contribution is 6.06. The van der Waals surface area contributed by atoms with Gasteiger partial charge in [-0.3, -0.25) is 4.79 Å². The second kappa shape index (κ2) is 6.43. The highest BCUT2D eigenvalue weighted by Gasteiger charge is 2.46. The van der Waals surface area contributed by atoms with Crippen molar-refractivity contribution < 1.29 is 15.1 Å². The number of aliphatic hydroxyl groups excluding tert-OH is 1. The van der Waals surface area contributed by atoms with Crippen LogP contribution in [0.15, 0.2) is 5.16 Å². The molecule has 0 bridgehead atoms. The van der Waals surface area contributed by atoms with E-state index in [2.05, 4.69) is 5.16 Å². The summed E-state index contributed by atoms with van der Waals surface area (Å²) in [7, 11) is 0. The molecule has 2 rings (SSSR count). The topological polar surface area (TPSA) is 99.2 Å². The van der Waals surface area contributed by atoms with Crippen LogP contribution < -0.4 is 5.73 Å². The average Bonchev–Trinajstić information content (AvgIpc) is 2.54. The first kappa shape index (κ1) is 15.1. The van der Waals surface area contributed by atoms with E-state index in [-0.39, 0.29) is 18.3 Å². The van der Waals surface area contributed by atoms with Crippen LogP contribution in [-0.4, -0.2) is 46.7 Å². The number of nitrogens with two attached hydrogens (primary N) is 1. The molecule has 2 fully saturated rings. The maximum absolute atomic E-state index is 12.9. The van der Waals surface area contributed by atoms with Gasteiger partial charge in [-0.25, -0.2) is 0 Å². The third-order valence-electron chi connectivity index (χ3n) is 4.87. The van der Waals surface area contributed by atoms with Gasteiger partial charge in [-0.2, -0.15) is 0 Å². The fourth-order valence-electron chi connectivity index (χ4n) is 3.45. The van der Waals surface area contributed by atoms with Crippen LogP contribution in [0.1, 0.15) is 44.9 Å². The van der Waals surface area contributed by atoms with Gasteiger partial charge in [-0.1, -0.05) is 24.4 Å². The summed E-state index contributed by atoms with van der Waals surface area (Å²) in [5.41, 5.74) is 5.05. The minimum absolute atomic E-state index is 0.00360. The first-order valence-electron chi connectivity index (χ1n) is 7.52. The lowest BCUT2D eigenvalue weighted by Crippen LogP contribution is -2.54. The molecule has 114 valence electrons.